The van der Waals surface area contributed by atoms with Crippen LogP contribution in [0.2, 0.25) is 5.02 Å². The Bertz CT molecular complexity index is 671. The Labute approximate surface area is 149 Å². The zero-order valence-corrected chi connectivity index (χ0v) is 14.8. The molecule has 0 unspecified atom stereocenters. The van der Waals surface area contributed by atoms with Gasteiger partial charge in [0.2, 0.25) is 5.91 Å². The van der Waals surface area contributed by atoms with Crippen LogP contribution in [-0.4, -0.2) is 28.4 Å². The number of hydrogen-bond acceptors (Lipinski definition) is 3. The van der Waals surface area contributed by atoms with Crippen LogP contribution in [0.4, 0.5) is 5.82 Å². The lowest BCUT2D eigenvalue weighted by molar-refractivity contribution is -0.117. The number of benzene rings is 1. The topological polar surface area (TPSA) is 45.2 Å². The van der Waals surface area contributed by atoms with Crippen LogP contribution in [0.25, 0.3) is 0 Å². The number of aromatic nitrogens is 1. The average Bonchev–Trinajstić information content (AvgIpc) is 3.36. The second kappa shape index (κ2) is 7.43. The molecule has 120 valence electrons. The molecule has 4 nitrogen and oxygen atoms in total. The van der Waals surface area contributed by atoms with E-state index in [2.05, 4.69) is 31.1 Å². The van der Waals surface area contributed by atoms with Gasteiger partial charge < -0.3 is 5.32 Å². The number of halogens is 2. The Morgan fingerprint density at radius 1 is 1.26 bits per heavy atom. The number of carbonyl (C=O) groups is 1. The summed E-state index contributed by atoms with van der Waals surface area (Å²) in [5.74, 6) is 0.529. The standard InChI is InChI=1S/C17H17BrClN3O/c18-13-3-8-16(20-9-13)21-17(23)11-22(15-6-7-15)10-12-1-4-14(19)5-2-12/h1-5,8-9,15H,6-7,10-11H2,(H,20,21,23). The molecular formula is C17H17BrClN3O. The number of pyridine rings is 1. The van der Waals surface area contributed by atoms with E-state index in [1.54, 1.807) is 12.3 Å². The van der Waals surface area contributed by atoms with Gasteiger partial charge in [-0.2, -0.15) is 0 Å². The molecule has 1 fully saturated rings. The molecular weight excluding hydrogens is 378 g/mol. The third kappa shape index (κ3) is 5.03. The zero-order valence-electron chi connectivity index (χ0n) is 12.5. The van der Waals surface area contributed by atoms with E-state index in [9.17, 15) is 4.79 Å². The minimum atomic E-state index is -0.0410. The molecule has 0 aliphatic heterocycles. The summed E-state index contributed by atoms with van der Waals surface area (Å²) >= 11 is 9.25. The van der Waals surface area contributed by atoms with E-state index >= 15 is 0 Å². The Balaban J connectivity index is 1.59. The molecule has 1 aliphatic carbocycles. The van der Waals surface area contributed by atoms with Crippen molar-refractivity contribution in [2.24, 2.45) is 0 Å². The Morgan fingerprint density at radius 2 is 2.00 bits per heavy atom. The van der Waals surface area contributed by atoms with Gasteiger partial charge in [-0.15, -0.1) is 0 Å². The number of nitrogens with zero attached hydrogens (tertiary/aromatic N) is 2. The van der Waals surface area contributed by atoms with Crippen LogP contribution in [-0.2, 0) is 11.3 Å². The predicted molar refractivity (Wildman–Crippen MR) is 95.5 cm³/mol. The van der Waals surface area contributed by atoms with Crippen molar-refractivity contribution >= 4 is 39.3 Å². The van der Waals surface area contributed by atoms with Crippen LogP contribution in [0.15, 0.2) is 47.1 Å². The lowest BCUT2D eigenvalue weighted by Crippen LogP contribution is -2.34. The molecule has 1 aliphatic rings. The van der Waals surface area contributed by atoms with Gasteiger partial charge in [-0.1, -0.05) is 23.7 Å². The van der Waals surface area contributed by atoms with Gasteiger partial charge in [-0.05, 0) is 58.6 Å². The van der Waals surface area contributed by atoms with Crippen molar-refractivity contribution in [3.63, 3.8) is 0 Å². The minimum Gasteiger partial charge on any atom is -0.310 e. The quantitative estimate of drug-likeness (QED) is 0.802. The van der Waals surface area contributed by atoms with E-state index in [1.165, 1.54) is 0 Å². The number of carbonyl (C=O) groups excluding carboxylic acids is 1. The van der Waals surface area contributed by atoms with E-state index in [4.69, 9.17) is 11.6 Å². The summed E-state index contributed by atoms with van der Waals surface area (Å²) in [6.45, 7) is 1.12. The normalized spacial score (nSPS) is 14.0. The molecule has 1 N–H and O–H groups in total. The molecule has 23 heavy (non-hydrogen) atoms. The molecule has 1 aromatic heterocycles. The number of amides is 1. The molecule has 6 heteroatoms. The second-order valence-electron chi connectivity index (χ2n) is 5.67. The molecule has 0 atom stereocenters. The molecule has 0 radical (unpaired) electrons. The Morgan fingerprint density at radius 3 is 2.61 bits per heavy atom. The van der Waals surface area contributed by atoms with Crippen LogP contribution in [0, 0.1) is 0 Å². The summed E-state index contributed by atoms with van der Waals surface area (Å²) in [4.78, 5) is 18.6. The first-order valence-corrected chi connectivity index (χ1v) is 8.67. The smallest absolute Gasteiger partial charge is 0.239 e. The van der Waals surface area contributed by atoms with Gasteiger partial charge in [0.1, 0.15) is 5.82 Å². The van der Waals surface area contributed by atoms with Crippen molar-refractivity contribution in [1.82, 2.24) is 9.88 Å². The van der Waals surface area contributed by atoms with Crippen molar-refractivity contribution in [2.75, 3.05) is 11.9 Å². The molecule has 1 amide bonds. The van der Waals surface area contributed by atoms with Crippen molar-refractivity contribution in [2.45, 2.75) is 25.4 Å². The summed E-state index contributed by atoms with van der Waals surface area (Å²) in [6, 6.07) is 11.9. The molecule has 1 saturated carbocycles. The van der Waals surface area contributed by atoms with E-state index in [0.29, 0.717) is 18.4 Å². The van der Waals surface area contributed by atoms with E-state index < -0.39 is 0 Å². The fourth-order valence-electron chi connectivity index (χ4n) is 2.39. The SMILES string of the molecule is O=C(CN(Cc1ccc(Cl)cc1)C1CC1)Nc1ccc(Br)cn1. The van der Waals surface area contributed by atoms with E-state index in [0.717, 1.165) is 34.4 Å². The highest BCUT2D eigenvalue weighted by Gasteiger charge is 2.30. The number of nitrogens with one attached hydrogen (secondary N) is 1. The Hall–Kier alpha value is -1.43. The van der Waals surface area contributed by atoms with Gasteiger partial charge in [0, 0.05) is 28.3 Å². The van der Waals surface area contributed by atoms with Crippen LogP contribution in [0.5, 0.6) is 0 Å². The van der Waals surface area contributed by atoms with Crippen LogP contribution < -0.4 is 5.32 Å². The van der Waals surface area contributed by atoms with Gasteiger partial charge in [-0.25, -0.2) is 4.98 Å². The van der Waals surface area contributed by atoms with E-state index in [1.807, 2.05) is 30.3 Å². The molecule has 0 saturated heterocycles. The minimum absolute atomic E-state index is 0.0410. The maximum absolute atomic E-state index is 12.3. The van der Waals surface area contributed by atoms with Crippen LogP contribution in [0.3, 0.4) is 0 Å². The molecule has 1 heterocycles. The summed E-state index contributed by atoms with van der Waals surface area (Å²) < 4.78 is 0.887. The summed E-state index contributed by atoms with van der Waals surface area (Å²) in [5.41, 5.74) is 1.16. The lowest BCUT2D eigenvalue weighted by Gasteiger charge is -2.21. The van der Waals surface area contributed by atoms with Crippen LogP contribution >= 0.6 is 27.5 Å². The molecule has 3 rings (SSSR count). The first-order valence-electron chi connectivity index (χ1n) is 7.50. The third-order valence-corrected chi connectivity index (χ3v) is 4.42. The fraction of sp³-hybridized carbons (Fsp3) is 0.294. The highest BCUT2D eigenvalue weighted by Crippen LogP contribution is 2.28. The van der Waals surface area contributed by atoms with Crippen molar-refractivity contribution in [3.8, 4) is 0 Å². The van der Waals surface area contributed by atoms with Crippen molar-refractivity contribution in [1.29, 1.82) is 0 Å². The van der Waals surface area contributed by atoms with Crippen molar-refractivity contribution < 1.29 is 4.79 Å². The highest BCUT2D eigenvalue weighted by molar-refractivity contribution is 9.10. The van der Waals surface area contributed by atoms with Gasteiger partial charge in [0.15, 0.2) is 0 Å². The predicted octanol–water partition coefficient (Wildman–Crippen LogP) is 4.10. The second-order valence-corrected chi connectivity index (χ2v) is 7.02. The van der Waals surface area contributed by atoms with Gasteiger partial charge in [0.05, 0.1) is 6.54 Å². The zero-order chi connectivity index (χ0) is 16.2. The third-order valence-electron chi connectivity index (χ3n) is 3.70. The fourth-order valence-corrected chi connectivity index (χ4v) is 2.76. The number of rotatable bonds is 6. The van der Waals surface area contributed by atoms with Crippen LogP contribution in [0.1, 0.15) is 18.4 Å². The van der Waals surface area contributed by atoms with Gasteiger partial charge in [0.25, 0.3) is 0 Å². The first-order chi connectivity index (χ1) is 11.1. The average molecular weight is 395 g/mol. The Kier molecular flexibility index (Phi) is 5.30. The lowest BCUT2D eigenvalue weighted by atomic mass is 10.2. The summed E-state index contributed by atoms with van der Waals surface area (Å²) in [6.07, 6.45) is 3.97. The van der Waals surface area contributed by atoms with Gasteiger partial charge >= 0.3 is 0 Å². The monoisotopic (exact) mass is 393 g/mol. The van der Waals surface area contributed by atoms with Crippen molar-refractivity contribution in [3.05, 3.63) is 57.7 Å². The first kappa shape index (κ1) is 16.4. The molecule has 0 spiro atoms. The summed E-state index contributed by atoms with van der Waals surface area (Å²) in [7, 11) is 0. The largest absolute Gasteiger partial charge is 0.310 e. The highest BCUT2D eigenvalue weighted by atomic mass is 79.9. The molecule has 2 aromatic rings. The maximum atomic E-state index is 12.3. The van der Waals surface area contributed by atoms with Gasteiger partial charge in [-0.3, -0.25) is 9.69 Å². The maximum Gasteiger partial charge on any atom is 0.239 e. The molecule has 0 bridgehead atoms. The number of hydrogen-bond donors (Lipinski definition) is 1. The van der Waals surface area contributed by atoms with E-state index in [-0.39, 0.29) is 5.91 Å². The molecule has 1 aromatic carbocycles. The summed E-state index contributed by atoms with van der Waals surface area (Å²) in [5, 5.41) is 3.57. The number of anilines is 1.